The van der Waals surface area contributed by atoms with Crippen molar-refractivity contribution in [2.75, 3.05) is 6.61 Å². The van der Waals surface area contributed by atoms with Crippen molar-refractivity contribution in [3.05, 3.63) is 81.5 Å². The van der Waals surface area contributed by atoms with Crippen LogP contribution in [0.2, 0.25) is 0 Å². The Labute approximate surface area is 197 Å². The Morgan fingerprint density at radius 3 is 2.47 bits per heavy atom. The minimum atomic E-state index is -0.967. The van der Waals surface area contributed by atoms with Gasteiger partial charge in [-0.2, -0.15) is 0 Å². The van der Waals surface area contributed by atoms with E-state index in [1.165, 1.54) is 12.1 Å². The van der Waals surface area contributed by atoms with E-state index in [9.17, 15) is 18.4 Å². The Morgan fingerprint density at radius 1 is 1.06 bits per heavy atom. The molecule has 8 heteroatoms. The minimum Gasteiger partial charge on any atom is -0.486 e. The van der Waals surface area contributed by atoms with Gasteiger partial charge in [0.05, 0.1) is 6.61 Å². The van der Waals surface area contributed by atoms with E-state index in [4.69, 9.17) is 9.47 Å². The Morgan fingerprint density at radius 2 is 1.76 bits per heavy atom. The second-order valence-corrected chi connectivity index (χ2v) is 8.83. The maximum atomic E-state index is 14.5. The summed E-state index contributed by atoms with van der Waals surface area (Å²) in [5, 5.41) is 0. The van der Waals surface area contributed by atoms with Gasteiger partial charge in [-0.3, -0.25) is 4.79 Å². The third-order valence-electron chi connectivity index (χ3n) is 4.88. The SMILES string of the molecule is CCCCOc1c(C(=O)OC(C)(C)C)nc(Cc2ccccc2-c2cccc(F)c2F)[nH]c1=O. The molecule has 0 atom stereocenters. The number of carbonyl (C=O) groups excluding carboxylic acids is 1. The van der Waals surface area contributed by atoms with Gasteiger partial charge in [-0.15, -0.1) is 0 Å². The normalized spacial score (nSPS) is 11.4. The van der Waals surface area contributed by atoms with Crippen LogP contribution < -0.4 is 10.3 Å². The molecule has 3 rings (SSSR count). The molecule has 0 aliphatic rings. The Balaban J connectivity index is 2.04. The van der Waals surface area contributed by atoms with E-state index in [1.54, 1.807) is 45.0 Å². The summed E-state index contributed by atoms with van der Waals surface area (Å²) in [6.07, 6.45) is 1.60. The molecule has 34 heavy (non-hydrogen) atoms. The molecule has 180 valence electrons. The van der Waals surface area contributed by atoms with Crippen molar-refractivity contribution in [3.63, 3.8) is 0 Å². The molecule has 3 aromatic rings. The number of benzene rings is 2. The van der Waals surface area contributed by atoms with Gasteiger partial charge in [0.15, 0.2) is 17.3 Å². The van der Waals surface area contributed by atoms with Crippen LogP contribution in [0, 0.1) is 11.6 Å². The second kappa shape index (κ2) is 10.6. The van der Waals surface area contributed by atoms with E-state index in [0.29, 0.717) is 17.5 Å². The Hall–Kier alpha value is -3.55. The summed E-state index contributed by atoms with van der Waals surface area (Å²) in [5.41, 5.74) is -0.515. The number of aromatic amines is 1. The number of H-pyrrole nitrogens is 1. The molecule has 6 nitrogen and oxygen atoms in total. The number of hydrogen-bond donors (Lipinski definition) is 1. The van der Waals surface area contributed by atoms with Crippen molar-refractivity contribution in [3.8, 4) is 16.9 Å². The quantitative estimate of drug-likeness (QED) is 0.350. The monoisotopic (exact) mass is 470 g/mol. The molecule has 0 amide bonds. The molecule has 0 aliphatic carbocycles. The summed E-state index contributed by atoms with van der Waals surface area (Å²) in [4.78, 5) is 32.7. The number of nitrogens with one attached hydrogen (secondary N) is 1. The van der Waals surface area contributed by atoms with E-state index in [2.05, 4.69) is 9.97 Å². The Bertz CT molecular complexity index is 1230. The lowest BCUT2D eigenvalue weighted by Gasteiger charge is -2.20. The van der Waals surface area contributed by atoms with Gasteiger partial charge >= 0.3 is 5.97 Å². The highest BCUT2D eigenvalue weighted by Gasteiger charge is 2.26. The first kappa shape index (κ1) is 25.1. The van der Waals surface area contributed by atoms with Gasteiger partial charge in [0, 0.05) is 12.0 Å². The molecule has 0 fully saturated rings. The highest BCUT2D eigenvalue weighted by atomic mass is 19.2. The molecule has 0 bridgehead atoms. The largest absolute Gasteiger partial charge is 0.486 e. The number of ether oxygens (including phenoxy) is 2. The van der Waals surface area contributed by atoms with Gasteiger partial charge < -0.3 is 14.5 Å². The highest BCUT2D eigenvalue weighted by Crippen LogP contribution is 2.29. The molecule has 1 heterocycles. The van der Waals surface area contributed by atoms with Gasteiger partial charge in [-0.05, 0) is 44.4 Å². The first-order chi connectivity index (χ1) is 16.1. The van der Waals surface area contributed by atoms with Crippen molar-refractivity contribution < 1.29 is 23.0 Å². The van der Waals surface area contributed by atoms with Crippen molar-refractivity contribution >= 4 is 5.97 Å². The summed E-state index contributed by atoms with van der Waals surface area (Å²) in [6.45, 7) is 7.35. The predicted octanol–water partition coefficient (Wildman–Crippen LogP) is 5.44. The molecule has 0 saturated heterocycles. The number of nitrogens with zero attached hydrogens (tertiary/aromatic N) is 1. The van der Waals surface area contributed by atoms with E-state index >= 15 is 0 Å². The first-order valence-electron chi connectivity index (χ1n) is 11.1. The number of aromatic nitrogens is 2. The van der Waals surface area contributed by atoms with Crippen LogP contribution in [0.15, 0.2) is 47.3 Å². The molecule has 1 N–H and O–H groups in total. The number of rotatable bonds is 8. The van der Waals surface area contributed by atoms with Crippen LogP contribution in [0.1, 0.15) is 62.4 Å². The molecule has 0 saturated carbocycles. The summed E-state index contributed by atoms with van der Waals surface area (Å²) in [5.74, 6) is -2.74. The fraction of sp³-hybridized carbons (Fsp3) is 0.346. The average Bonchev–Trinajstić information content (AvgIpc) is 2.76. The van der Waals surface area contributed by atoms with Gasteiger partial charge in [0.25, 0.3) is 5.56 Å². The number of hydrogen-bond acceptors (Lipinski definition) is 5. The van der Waals surface area contributed by atoms with Gasteiger partial charge in [0.1, 0.15) is 11.4 Å². The molecule has 0 unspecified atom stereocenters. The summed E-state index contributed by atoms with van der Waals surface area (Å²) < 4.78 is 39.3. The van der Waals surface area contributed by atoms with Crippen LogP contribution in [0.25, 0.3) is 11.1 Å². The van der Waals surface area contributed by atoms with Gasteiger partial charge in [-0.25, -0.2) is 18.6 Å². The zero-order valence-electron chi connectivity index (χ0n) is 19.7. The lowest BCUT2D eigenvalue weighted by molar-refractivity contribution is 0.00576. The first-order valence-corrected chi connectivity index (χ1v) is 11.1. The van der Waals surface area contributed by atoms with Crippen LogP contribution in [0.3, 0.4) is 0 Å². The molecule has 0 radical (unpaired) electrons. The number of unbranched alkanes of at least 4 members (excludes halogenated alkanes) is 1. The van der Waals surface area contributed by atoms with E-state index < -0.39 is 28.8 Å². The van der Waals surface area contributed by atoms with E-state index in [-0.39, 0.29) is 35.9 Å². The molecule has 0 aliphatic heterocycles. The van der Waals surface area contributed by atoms with Crippen LogP contribution in [0.4, 0.5) is 8.78 Å². The minimum absolute atomic E-state index is 0.0619. The van der Waals surface area contributed by atoms with Crippen molar-refractivity contribution in [1.82, 2.24) is 9.97 Å². The number of esters is 1. The van der Waals surface area contributed by atoms with Gasteiger partial charge in [0.2, 0.25) is 5.75 Å². The lowest BCUT2D eigenvalue weighted by atomic mass is 9.97. The maximum Gasteiger partial charge on any atom is 0.361 e. The number of carbonyl (C=O) groups is 1. The molecule has 1 aromatic heterocycles. The fourth-order valence-electron chi connectivity index (χ4n) is 3.34. The summed E-state index contributed by atoms with van der Waals surface area (Å²) in [7, 11) is 0. The molecular weight excluding hydrogens is 442 g/mol. The third kappa shape index (κ3) is 6.07. The van der Waals surface area contributed by atoms with Crippen LogP contribution in [-0.2, 0) is 11.2 Å². The van der Waals surface area contributed by atoms with E-state index in [1.807, 2.05) is 6.92 Å². The zero-order valence-corrected chi connectivity index (χ0v) is 19.7. The van der Waals surface area contributed by atoms with Crippen LogP contribution >= 0.6 is 0 Å². The Kier molecular flexibility index (Phi) is 7.81. The lowest BCUT2D eigenvalue weighted by Crippen LogP contribution is -2.28. The van der Waals surface area contributed by atoms with Crippen molar-refractivity contribution in [1.29, 1.82) is 0 Å². The topological polar surface area (TPSA) is 81.3 Å². The fourth-order valence-corrected chi connectivity index (χ4v) is 3.34. The number of halogens is 2. The second-order valence-electron chi connectivity index (χ2n) is 8.83. The highest BCUT2D eigenvalue weighted by molar-refractivity contribution is 5.90. The standard InChI is InChI=1S/C26H28F2N2O4/c1-5-6-14-33-23-22(25(32)34-26(2,3)4)29-20(30-24(23)31)15-16-10-7-8-11-17(16)18-12-9-13-19(27)21(18)28/h7-13H,5-6,14-15H2,1-4H3,(H,29,30,31). The van der Waals surface area contributed by atoms with Gasteiger partial charge in [-0.1, -0.05) is 49.7 Å². The predicted molar refractivity (Wildman–Crippen MR) is 125 cm³/mol. The third-order valence-corrected chi connectivity index (χ3v) is 4.88. The van der Waals surface area contributed by atoms with Crippen LogP contribution in [-0.4, -0.2) is 28.1 Å². The smallest absolute Gasteiger partial charge is 0.361 e. The summed E-state index contributed by atoms with van der Waals surface area (Å²) >= 11 is 0. The zero-order chi connectivity index (χ0) is 24.9. The van der Waals surface area contributed by atoms with Crippen molar-refractivity contribution in [2.24, 2.45) is 0 Å². The maximum absolute atomic E-state index is 14.5. The van der Waals surface area contributed by atoms with Crippen molar-refractivity contribution in [2.45, 2.75) is 52.6 Å². The van der Waals surface area contributed by atoms with Crippen LogP contribution in [0.5, 0.6) is 5.75 Å². The molecule has 0 spiro atoms. The molecule has 2 aromatic carbocycles. The van der Waals surface area contributed by atoms with E-state index in [0.717, 1.165) is 12.5 Å². The molecular formula is C26H28F2N2O4. The summed E-state index contributed by atoms with van der Waals surface area (Å²) in [6, 6.07) is 10.8. The average molecular weight is 471 g/mol.